The van der Waals surface area contributed by atoms with E-state index in [4.69, 9.17) is 0 Å². The predicted molar refractivity (Wildman–Crippen MR) is 84.7 cm³/mol. The van der Waals surface area contributed by atoms with Crippen LogP contribution in [0.15, 0.2) is 52.4 Å². The number of benzene rings is 1. The number of hydrogen-bond donors (Lipinski definition) is 1. The smallest absolute Gasteiger partial charge is 0.0705 e. The van der Waals surface area contributed by atoms with Crippen LogP contribution in [0.4, 0.5) is 0 Å². The number of hydrogen-bond acceptors (Lipinski definition) is 3. The number of thiophene rings is 1. The second-order valence-electron chi connectivity index (χ2n) is 4.28. The first kappa shape index (κ1) is 12.8. The fourth-order valence-electron chi connectivity index (χ4n) is 2.31. The lowest BCUT2D eigenvalue weighted by molar-refractivity contribution is 0.709. The van der Waals surface area contributed by atoms with Gasteiger partial charge in [-0.2, -0.15) is 0 Å². The van der Waals surface area contributed by atoms with Crippen LogP contribution in [-0.4, -0.2) is 12.0 Å². The monoisotopic (exact) mass is 332 g/mol. The van der Waals surface area contributed by atoms with E-state index in [1.54, 1.807) is 11.3 Å². The Morgan fingerprint density at radius 1 is 1.16 bits per heavy atom. The zero-order valence-corrected chi connectivity index (χ0v) is 12.8. The summed E-state index contributed by atoms with van der Waals surface area (Å²) < 4.78 is 1.15. The largest absolute Gasteiger partial charge is 0.309 e. The summed E-state index contributed by atoms with van der Waals surface area (Å²) in [6, 6.07) is 14.8. The number of aromatic nitrogens is 1. The lowest BCUT2D eigenvalue weighted by atomic mass is 10.0. The topological polar surface area (TPSA) is 24.9 Å². The molecular formula is C15H13BrN2S. The van der Waals surface area contributed by atoms with Crippen molar-refractivity contribution in [3.8, 4) is 0 Å². The first-order chi connectivity index (χ1) is 9.29. The summed E-state index contributed by atoms with van der Waals surface area (Å²) >= 11 is 5.29. The highest BCUT2D eigenvalue weighted by Crippen LogP contribution is 2.33. The van der Waals surface area contributed by atoms with Gasteiger partial charge in [-0.05, 0) is 52.8 Å². The molecule has 0 spiro atoms. The fraction of sp³-hybridized carbons (Fsp3) is 0.133. The minimum atomic E-state index is 0.198. The molecule has 3 aromatic rings. The van der Waals surface area contributed by atoms with Crippen LogP contribution in [0.5, 0.6) is 0 Å². The van der Waals surface area contributed by atoms with Crippen LogP contribution in [0, 0.1) is 0 Å². The molecule has 1 atom stereocenters. The van der Waals surface area contributed by atoms with Gasteiger partial charge in [0.15, 0.2) is 0 Å². The molecule has 0 bridgehead atoms. The minimum absolute atomic E-state index is 0.198. The van der Waals surface area contributed by atoms with Crippen molar-refractivity contribution in [2.45, 2.75) is 6.04 Å². The van der Waals surface area contributed by atoms with E-state index in [1.807, 2.05) is 19.3 Å². The van der Waals surface area contributed by atoms with E-state index >= 15 is 0 Å². The molecule has 19 heavy (non-hydrogen) atoms. The average Bonchev–Trinajstić information content (AvgIpc) is 2.86. The van der Waals surface area contributed by atoms with Gasteiger partial charge in [0.05, 0.1) is 15.3 Å². The number of nitrogens with zero attached hydrogens (tertiary/aromatic N) is 1. The first-order valence-electron chi connectivity index (χ1n) is 6.06. The van der Waals surface area contributed by atoms with E-state index in [1.165, 1.54) is 15.8 Å². The van der Waals surface area contributed by atoms with Gasteiger partial charge in [-0.1, -0.05) is 18.2 Å². The van der Waals surface area contributed by atoms with Gasteiger partial charge in [0, 0.05) is 16.5 Å². The van der Waals surface area contributed by atoms with Gasteiger partial charge in [0.1, 0.15) is 0 Å². The Morgan fingerprint density at radius 3 is 2.79 bits per heavy atom. The molecule has 0 aliphatic carbocycles. The first-order valence-corrected chi connectivity index (χ1v) is 7.66. The Labute approximate surface area is 124 Å². The number of rotatable bonds is 3. The van der Waals surface area contributed by atoms with E-state index < -0.39 is 0 Å². The third-order valence-corrected chi connectivity index (χ3v) is 4.85. The predicted octanol–water partition coefficient (Wildman–Crippen LogP) is 4.37. The average molecular weight is 333 g/mol. The lowest BCUT2D eigenvalue weighted by Gasteiger charge is -2.17. The molecule has 0 saturated heterocycles. The summed E-state index contributed by atoms with van der Waals surface area (Å²) in [7, 11) is 1.99. The number of fused-ring (bicyclic) bond motifs is 1. The zero-order valence-electron chi connectivity index (χ0n) is 10.4. The van der Waals surface area contributed by atoms with Crippen LogP contribution in [0.2, 0.25) is 0 Å². The van der Waals surface area contributed by atoms with Crippen LogP contribution in [0.25, 0.3) is 10.9 Å². The SMILES string of the molecule is CNC(c1ccc(Br)s1)c1cccc2ncccc12. The third-order valence-electron chi connectivity index (χ3n) is 3.16. The van der Waals surface area contributed by atoms with E-state index in [0.29, 0.717) is 0 Å². The normalized spacial score (nSPS) is 12.7. The molecule has 0 fully saturated rings. The molecule has 3 rings (SSSR count). The molecule has 2 aromatic heterocycles. The van der Waals surface area contributed by atoms with Crippen molar-refractivity contribution in [2.24, 2.45) is 0 Å². The summed E-state index contributed by atoms with van der Waals surface area (Å²) in [5.74, 6) is 0. The van der Waals surface area contributed by atoms with Gasteiger partial charge in [-0.3, -0.25) is 4.98 Å². The summed E-state index contributed by atoms with van der Waals surface area (Å²) in [5, 5.41) is 4.60. The van der Waals surface area contributed by atoms with Crippen LogP contribution >= 0.6 is 27.3 Å². The van der Waals surface area contributed by atoms with Crippen molar-refractivity contribution in [2.75, 3.05) is 7.05 Å². The van der Waals surface area contributed by atoms with Crippen molar-refractivity contribution in [3.63, 3.8) is 0 Å². The molecule has 2 nitrogen and oxygen atoms in total. The van der Waals surface area contributed by atoms with Gasteiger partial charge in [-0.25, -0.2) is 0 Å². The Balaban J connectivity index is 2.16. The number of nitrogens with one attached hydrogen (secondary N) is 1. The molecule has 0 radical (unpaired) electrons. The van der Waals surface area contributed by atoms with E-state index in [-0.39, 0.29) is 6.04 Å². The van der Waals surface area contributed by atoms with Crippen LogP contribution < -0.4 is 5.32 Å². The van der Waals surface area contributed by atoms with Crippen LogP contribution in [0.3, 0.4) is 0 Å². The van der Waals surface area contributed by atoms with Crippen LogP contribution in [0.1, 0.15) is 16.5 Å². The summed E-state index contributed by atoms with van der Waals surface area (Å²) in [5.41, 5.74) is 2.30. The van der Waals surface area contributed by atoms with Gasteiger partial charge in [0.2, 0.25) is 0 Å². The van der Waals surface area contributed by atoms with Crippen molar-refractivity contribution >= 4 is 38.2 Å². The van der Waals surface area contributed by atoms with Crippen LogP contribution in [-0.2, 0) is 0 Å². The molecule has 1 unspecified atom stereocenters. The Bertz CT molecular complexity index is 703. The fourth-order valence-corrected chi connectivity index (χ4v) is 3.87. The Morgan fingerprint density at radius 2 is 2.05 bits per heavy atom. The molecule has 0 aliphatic rings. The van der Waals surface area contributed by atoms with E-state index in [0.717, 1.165) is 9.30 Å². The summed E-state index contributed by atoms with van der Waals surface area (Å²) in [4.78, 5) is 5.72. The van der Waals surface area contributed by atoms with E-state index in [9.17, 15) is 0 Å². The number of halogens is 1. The second kappa shape index (κ2) is 5.41. The van der Waals surface area contributed by atoms with Gasteiger partial charge in [-0.15, -0.1) is 11.3 Å². The Hall–Kier alpha value is -1.23. The van der Waals surface area contributed by atoms with Gasteiger partial charge < -0.3 is 5.32 Å². The maximum atomic E-state index is 4.42. The van der Waals surface area contributed by atoms with Gasteiger partial charge >= 0.3 is 0 Å². The Kier molecular flexibility index (Phi) is 3.64. The molecule has 2 heterocycles. The maximum absolute atomic E-state index is 4.42. The maximum Gasteiger partial charge on any atom is 0.0705 e. The minimum Gasteiger partial charge on any atom is -0.309 e. The molecular weight excluding hydrogens is 320 g/mol. The van der Waals surface area contributed by atoms with Crippen molar-refractivity contribution < 1.29 is 0 Å². The van der Waals surface area contributed by atoms with Crippen molar-refractivity contribution in [1.82, 2.24) is 10.3 Å². The standard InChI is InChI=1S/C15H13BrN2S/c1-17-15(13-7-8-14(16)19-13)11-4-2-6-12-10(11)5-3-9-18-12/h2-9,15,17H,1H3. The van der Waals surface area contributed by atoms with Gasteiger partial charge in [0.25, 0.3) is 0 Å². The third kappa shape index (κ3) is 2.43. The molecule has 4 heteroatoms. The highest BCUT2D eigenvalue weighted by Gasteiger charge is 2.16. The quantitative estimate of drug-likeness (QED) is 0.770. The summed E-state index contributed by atoms with van der Waals surface area (Å²) in [6.45, 7) is 0. The number of pyridine rings is 1. The lowest BCUT2D eigenvalue weighted by Crippen LogP contribution is -2.16. The van der Waals surface area contributed by atoms with Crippen molar-refractivity contribution in [1.29, 1.82) is 0 Å². The molecule has 1 N–H and O–H groups in total. The summed E-state index contributed by atoms with van der Waals surface area (Å²) in [6.07, 6.45) is 1.84. The molecule has 0 saturated carbocycles. The highest BCUT2D eigenvalue weighted by atomic mass is 79.9. The molecule has 0 aliphatic heterocycles. The molecule has 96 valence electrons. The van der Waals surface area contributed by atoms with Crippen molar-refractivity contribution in [3.05, 3.63) is 62.9 Å². The second-order valence-corrected chi connectivity index (χ2v) is 6.78. The highest BCUT2D eigenvalue weighted by molar-refractivity contribution is 9.11. The molecule has 1 aromatic carbocycles. The van der Waals surface area contributed by atoms with E-state index in [2.05, 4.69) is 62.6 Å². The zero-order chi connectivity index (χ0) is 13.2. The molecule has 0 amide bonds.